The molecule has 0 atom stereocenters. The molecule has 3 aromatic heterocycles. The standard InChI is InChI=1S/C46H31N5/c1-30-20-21-34-26-27-39-40(33-14-7-3-8-15-33)29-41(48-43(39)42(34)47-30)37-18-11-19-38(28-37)46-50-44(35-16-9-4-10-17-35)49-45(51-46)36-24-22-32(23-25-36)31-12-5-2-6-13-31/h2-29H,1H3. The molecule has 0 radical (unpaired) electrons. The molecule has 3 heterocycles. The number of fused-ring (bicyclic) bond motifs is 3. The molecule has 0 spiro atoms. The van der Waals surface area contributed by atoms with Gasteiger partial charge in [-0.2, -0.15) is 0 Å². The molecule has 240 valence electrons. The molecule has 5 nitrogen and oxygen atoms in total. The van der Waals surface area contributed by atoms with E-state index in [2.05, 4.69) is 115 Å². The van der Waals surface area contributed by atoms with Gasteiger partial charge in [-0.05, 0) is 47.4 Å². The van der Waals surface area contributed by atoms with Gasteiger partial charge in [0.2, 0.25) is 0 Å². The molecule has 0 saturated heterocycles. The zero-order chi connectivity index (χ0) is 34.1. The van der Waals surface area contributed by atoms with Crippen molar-refractivity contribution in [1.82, 2.24) is 24.9 Å². The lowest BCUT2D eigenvalue weighted by molar-refractivity contribution is 1.07. The van der Waals surface area contributed by atoms with Gasteiger partial charge in [-0.15, -0.1) is 0 Å². The maximum absolute atomic E-state index is 5.28. The minimum absolute atomic E-state index is 0.597. The van der Waals surface area contributed by atoms with Gasteiger partial charge in [0.05, 0.1) is 16.7 Å². The van der Waals surface area contributed by atoms with E-state index in [1.54, 1.807) is 0 Å². The summed E-state index contributed by atoms with van der Waals surface area (Å²) in [5.74, 6) is 1.84. The van der Waals surface area contributed by atoms with Crippen LogP contribution >= 0.6 is 0 Å². The Hall–Kier alpha value is -6.85. The lowest BCUT2D eigenvalue weighted by atomic mass is 9.96. The number of hydrogen-bond acceptors (Lipinski definition) is 5. The second-order valence-electron chi connectivity index (χ2n) is 12.6. The summed E-state index contributed by atoms with van der Waals surface area (Å²) in [7, 11) is 0. The lowest BCUT2D eigenvalue weighted by Crippen LogP contribution is -2.00. The van der Waals surface area contributed by atoms with Crippen molar-refractivity contribution in [2.45, 2.75) is 6.92 Å². The Balaban J connectivity index is 1.19. The summed E-state index contributed by atoms with van der Waals surface area (Å²) in [5.41, 5.74) is 11.8. The van der Waals surface area contributed by atoms with Gasteiger partial charge in [0.1, 0.15) is 0 Å². The van der Waals surface area contributed by atoms with Gasteiger partial charge in [0.25, 0.3) is 0 Å². The van der Waals surface area contributed by atoms with E-state index in [0.29, 0.717) is 17.5 Å². The Morgan fingerprint density at radius 3 is 1.53 bits per heavy atom. The van der Waals surface area contributed by atoms with E-state index in [1.165, 1.54) is 5.56 Å². The summed E-state index contributed by atoms with van der Waals surface area (Å²) in [4.78, 5) is 25.3. The molecule has 0 saturated carbocycles. The quantitative estimate of drug-likeness (QED) is 0.167. The van der Waals surface area contributed by atoms with Gasteiger partial charge in [0, 0.05) is 38.7 Å². The molecule has 0 aliphatic rings. The Kier molecular flexibility index (Phi) is 7.63. The molecular formula is C46H31N5. The van der Waals surface area contributed by atoms with Crippen LogP contribution in [0.15, 0.2) is 170 Å². The van der Waals surface area contributed by atoms with Crippen LogP contribution in [-0.4, -0.2) is 24.9 Å². The smallest absolute Gasteiger partial charge is 0.164 e. The van der Waals surface area contributed by atoms with E-state index in [1.807, 2.05) is 61.5 Å². The summed E-state index contributed by atoms with van der Waals surface area (Å²) < 4.78 is 0. The third-order valence-electron chi connectivity index (χ3n) is 9.20. The lowest BCUT2D eigenvalue weighted by Gasteiger charge is -2.13. The average Bonchev–Trinajstić information content (AvgIpc) is 3.21. The summed E-state index contributed by atoms with van der Waals surface area (Å²) in [6, 6.07) is 58.3. The van der Waals surface area contributed by atoms with E-state index in [9.17, 15) is 0 Å². The van der Waals surface area contributed by atoms with Gasteiger partial charge in [-0.1, -0.05) is 152 Å². The zero-order valence-corrected chi connectivity index (χ0v) is 27.9. The first-order valence-corrected chi connectivity index (χ1v) is 17.0. The zero-order valence-electron chi connectivity index (χ0n) is 27.9. The van der Waals surface area contributed by atoms with Crippen molar-refractivity contribution in [3.8, 4) is 67.7 Å². The Morgan fingerprint density at radius 2 is 0.843 bits per heavy atom. The number of rotatable bonds is 6. The predicted octanol–water partition coefficient (Wildman–Crippen LogP) is 11.3. The van der Waals surface area contributed by atoms with Crippen LogP contribution in [0.2, 0.25) is 0 Å². The van der Waals surface area contributed by atoms with Gasteiger partial charge in [-0.3, -0.25) is 4.98 Å². The van der Waals surface area contributed by atoms with Gasteiger partial charge >= 0.3 is 0 Å². The third-order valence-corrected chi connectivity index (χ3v) is 9.20. The topological polar surface area (TPSA) is 64.5 Å². The van der Waals surface area contributed by atoms with E-state index >= 15 is 0 Å². The molecular weight excluding hydrogens is 623 g/mol. The number of benzene rings is 6. The number of pyridine rings is 2. The Morgan fingerprint density at radius 1 is 0.333 bits per heavy atom. The number of aryl methyl sites for hydroxylation is 1. The van der Waals surface area contributed by atoms with Gasteiger partial charge in [0.15, 0.2) is 17.5 Å². The van der Waals surface area contributed by atoms with Gasteiger partial charge < -0.3 is 0 Å². The van der Waals surface area contributed by atoms with Crippen molar-refractivity contribution >= 4 is 21.8 Å². The molecule has 0 aliphatic heterocycles. The molecule has 6 aromatic carbocycles. The number of aromatic nitrogens is 5. The average molecular weight is 654 g/mol. The first kappa shape index (κ1) is 30.2. The largest absolute Gasteiger partial charge is 0.251 e. The normalized spacial score (nSPS) is 11.2. The van der Waals surface area contributed by atoms with Crippen LogP contribution in [-0.2, 0) is 0 Å². The van der Waals surface area contributed by atoms with Crippen molar-refractivity contribution in [3.63, 3.8) is 0 Å². The fourth-order valence-corrected chi connectivity index (χ4v) is 6.58. The van der Waals surface area contributed by atoms with Crippen molar-refractivity contribution in [1.29, 1.82) is 0 Å². The van der Waals surface area contributed by atoms with Crippen LogP contribution in [0.4, 0.5) is 0 Å². The molecule has 0 amide bonds. The second-order valence-corrected chi connectivity index (χ2v) is 12.6. The number of nitrogens with zero attached hydrogens (tertiary/aromatic N) is 5. The van der Waals surface area contributed by atoms with Crippen LogP contribution < -0.4 is 0 Å². The molecule has 0 fully saturated rings. The van der Waals surface area contributed by atoms with Crippen molar-refractivity contribution < 1.29 is 0 Å². The van der Waals surface area contributed by atoms with Crippen LogP contribution in [0.3, 0.4) is 0 Å². The molecule has 0 unspecified atom stereocenters. The van der Waals surface area contributed by atoms with E-state index < -0.39 is 0 Å². The molecule has 9 aromatic rings. The molecule has 51 heavy (non-hydrogen) atoms. The molecule has 9 rings (SSSR count). The SMILES string of the molecule is Cc1ccc2ccc3c(-c4ccccc4)cc(-c4cccc(-c5nc(-c6ccccc6)nc(-c6ccc(-c7ccccc7)cc6)n5)c4)nc3c2n1. The van der Waals surface area contributed by atoms with E-state index in [4.69, 9.17) is 24.9 Å². The minimum Gasteiger partial charge on any atom is -0.251 e. The Labute approximate surface area is 296 Å². The summed E-state index contributed by atoms with van der Waals surface area (Å²) in [6.45, 7) is 2.02. The monoisotopic (exact) mass is 653 g/mol. The second kappa shape index (κ2) is 12.9. The van der Waals surface area contributed by atoms with E-state index in [0.717, 1.165) is 72.1 Å². The highest BCUT2D eigenvalue weighted by molar-refractivity contribution is 6.09. The fourth-order valence-electron chi connectivity index (χ4n) is 6.58. The van der Waals surface area contributed by atoms with Crippen LogP contribution in [0.1, 0.15) is 5.69 Å². The van der Waals surface area contributed by atoms with Crippen LogP contribution in [0.25, 0.3) is 89.5 Å². The van der Waals surface area contributed by atoms with Crippen molar-refractivity contribution in [2.75, 3.05) is 0 Å². The van der Waals surface area contributed by atoms with Crippen molar-refractivity contribution in [3.05, 3.63) is 176 Å². The third kappa shape index (κ3) is 5.91. The maximum atomic E-state index is 5.28. The summed E-state index contributed by atoms with van der Waals surface area (Å²) in [6.07, 6.45) is 0. The minimum atomic E-state index is 0.597. The molecule has 5 heteroatoms. The van der Waals surface area contributed by atoms with Gasteiger partial charge in [-0.25, -0.2) is 19.9 Å². The molecule has 0 bridgehead atoms. The fraction of sp³-hybridized carbons (Fsp3) is 0.0217. The first-order chi connectivity index (χ1) is 25.2. The maximum Gasteiger partial charge on any atom is 0.164 e. The molecule has 0 aliphatic carbocycles. The van der Waals surface area contributed by atoms with E-state index in [-0.39, 0.29) is 0 Å². The summed E-state index contributed by atoms with van der Waals surface area (Å²) >= 11 is 0. The first-order valence-electron chi connectivity index (χ1n) is 17.0. The molecule has 0 N–H and O–H groups in total. The van der Waals surface area contributed by atoms with Crippen LogP contribution in [0, 0.1) is 6.92 Å². The van der Waals surface area contributed by atoms with Crippen molar-refractivity contribution in [2.24, 2.45) is 0 Å². The highest BCUT2D eigenvalue weighted by atomic mass is 15.0. The summed E-state index contributed by atoms with van der Waals surface area (Å²) in [5, 5.41) is 2.13. The predicted molar refractivity (Wildman–Crippen MR) is 208 cm³/mol. The Bertz CT molecular complexity index is 2670. The number of hydrogen-bond donors (Lipinski definition) is 0. The van der Waals surface area contributed by atoms with Crippen LogP contribution in [0.5, 0.6) is 0 Å². The highest BCUT2D eigenvalue weighted by Crippen LogP contribution is 2.36. The highest BCUT2D eigenvalue weighted by Gasteiger charge is 2.16.